The minimum Gasteiger partial charge on any atom is -0.339 e. The van der Waals surface area contributed by atoms with Gasteiger partial charge in [-0.2, -0.15) is 0 Å². The summed E-state index contributed by atoms with van der Waals surface area (Å²) in [5, 5.41) is 7.02. The Labute approximate surface area is 197 Å². The van der Waals surface area contributed by atoms with Crippen molar-refractivity contribution in [2.24, 2.45) is 0 Å². The van der Waals surface area contributed by atoms with E-state index >= 15 is 0 Å². The van der Waals surface area contributed by atoms with E-state index in [1.165, 1.54) is 18.2 Å². The molecule has 9 heteroatoms. The van der Waals surface area contributed by atoms with Gasteiger partial charge in [-0.3, -0.25) is 9.78 Å². The van der Waals surface area contributed by atoms with Gasteiger partial charge in [0, 0.05) is 54.9 Å². The molecule has 1 saturated heterocycles. The van der Waals surface area contributed by atoms with Crippen molar-refractivity contribution in [3.63, 3.8) is 0 Å². The number of hydrogen-bond acceptors (Lipinski definition) is 6. The Morgan fingerprint density at radius 1 is 1.30 bits per heavy atom. The van der Waals surface area contributed by atoms with Crippen LogP contribution < -0.4 is 10.6 Å². The van der Waals surface area contributed by atoms with Gasteiger partial charge in [0.25, 0.3) is 5.91 Å². The van der Waals surface area contributed by atoms with Crippen molar-refractivity contribution >= 4 is 29.0 Å². The molecule has 1 atom stereocenters. The largest absolute Gasteiger partial charge is 0.339 e. The summed E-state index contributed by atoms with van der Waals surface area (Å²) >= 11 is 6.07. The van der Waals surface area contributed by atoms with E-state index < -0.39 is 5.82 Å². The number of rotatable bonds is 5. The molecule has 33 heavy (non-hydrogen) atoms. The molecule has 1 unspecified atom stereocenters. The molecule has 172 valence electrons. The van der Waals surface area contributed by atoms with Crippen molar-refractivity contribution < 1.29 is 9.18 Å². The second-order valence-corrected chi connectivity index (χ2v) is 8.87. The summed E-state index contributed by atoms with van der Waals surface area (Å²) in [5.41, 5.74) is 2.09. The second kappa shape index (κ2) is 9.80. The van der Waals surface area contributed by atoms with E-state index in [-0.39, 0.29) is 29.3 Å². The predicted octanol–water partition coefficient (Wildman–Crippen LogP) is 4.63. The fourth-order valence-electron chi connectivity index (χ4n) is 3.80. The molecule has 0 aliphatic carbocycles. The van der Waals surface area contributed by atoms with Gasteiger partial charge in [0.2, 0.25) is 0 Å². The predicted molar refractivity (Wildman–Crippen MR) is 127 cm³/mol. The van der Waals surface area contributed by atoms with Crippen molar-refractivity contribution in [3.8, 4) is 11.4 Å². The first-order chi connectivity index (χ1) is 15.8. The van der Waals surface area contributed by atoms with E-state index in [1.54, 1.807) is 24.7 Å². The zero-order valence-corrected chi connectivity index (χ0v) is 19.5. The lowest BCUT2D eigenvalue weighted by Gasteiger charge is -2.32. The van der Waals surface area contributed by atoms with Crippen LogP contribution in [0.25, 0.3) is 11.4 Å². The molecule has 2 aromatic heterocycles. The Morgan fingerprint density at radius 2 is 2.12 bits per heavy atom. The van der Waals surface area contributed by atoms with Crippen LogP contribution in [0.2, 0.25) is 5.02 Å². The van der Waals surface area contributed by atoms with Crippen molar-refractivity contribution in [3.05, 3.63) is 64.8 Å². The van der Waals surface area contributed by atoms with Crippen LogP contribution in [0, 0.1) is 5.82 Å². The van der Waals surface area contributed by atoms with E-state index in [0.717, 1.165) is 12.1 Å². The number of halogens is 2. The number of benzene rings is 1. The first-order valence-corrected chi connectivity index (χ1v) is 11.3. The maximum Gasteiger partial charge on any atom is 0.257 e. The smallest absolute Gasteiger partial charge is 0.257 e. The number of nitrogens with one attached hydrogen (secondary N) is 2. The molecule has 3 aromatic rings. The van der Waals surface area contributed by atoms with Gasteiger partial charge < -0.3 is 15.5 Å². The highest BCUT2D eigenvalue weighted by Crippen LogP contribution is 2.30. The lowest BCUT2D eigenvalue weighted by molar-refractivity contribution is 0.0709. The maximum absolute atomic E-state index is 14.5. The fraction of sp³-hybridized carbons (Fsp3) is 0.333. The molecule has 0 bridgehead atoms. The van der Waals surface area contributed by atoms with E-state index in [1.807, 2.05) is 25.7 Å². The summed E-state index contributed by atoms with van der Waals surface area (Å²) in [6.45, 7) is 8.08. The van der Waals surface area contributed by atoms with E-state index in [0.29, 0.717) is 35.2 Å². The number of aromatic nitrogens is 3. The molecular formula is C24H26ClFN6O. The topological polar surface area (TPSA) is 83.0 Å². The number of hydrogen-bond donors (Lipinski definition) is 2. The fourth-order valence-corrected chi connectivity index (χ4v) is 3.97. The van der Waals surface area contributed by atoms with E-state index in [4.69, 9.17) is 11.6 Å². The molecule has 7 nitrogen and oxygen atoms in total. The van der Waals surface area contributed by atoms with Crippen LogP contribution in [0.3, 0.4) is 0 Å². The third-order valence-electron chi connectivity index (χ3n) is 5.57. The molecule has 3 heterocycles. The summed E-state index contributed by atoms with van der Waals surface area (Å²) < 4.78 is 14.5. The number of piperazine rings is 1. The van der Waals surface area contributed by atoms with Gasteiger partial charge in [-0.05, 0) is 37.1 Å². The minimum absolute atomic E-state index is 0.0970. The summed E-state index contributed by atoms with van der Waals surface area (Å²) in [7, 11) is 0. The first-order valence-electron chi connectivity index (χ1n) is 10.9. The third-order valence-corrected chi connectivity index (χ3v) is 5.80. The van der Waals surface area contributed by atoms with Crippen molar-refractivity contribution in [2.45, 2.75) is 32.7 Å². The number of anilines is 2. The lowest BCUT2D eigenvalue weighted by Crippen LogP contribution is -2.51. The highest BCUT2D eigenvalue weighted by atomic mass is 35.5. The molecule has 0 spiro atoms. The Balaban J connectivity index is 1.72. The molecule has 1 aliphatic rings. The first kappa shape index (κ1) is 23.1. The number of carbonyl (C=O) groups is 1. The summed E-state index contributed by atoms with van der Waals surface area (Å²) in [6, 6.07) is 6.23. The SMILES string of the molecule is CC1CN(C(=O)c2cnccc2Nc2nc(-c3cc(Cl)ccc3F)ncc2C(C)C)CCN1. The normalized spacial score (nSPS) is 16.2. The van der Waals surface area contributed by atoms with E-state index in [9.17, 15) is 9.18 Å². The standard InChI is InChI=1S/C24H26ClFN6O/c1-14(2)18-12-29-22(17-10-16(25)4-5-20(17)26)31-23(18)30-21-6-7-27-11-19(21)24(33)32-9-8-28-15(3)13-32/h4-7,10-12,14-15,28H,8-9,13H2,1-3H3,(H,27,29,30,31). The van der Waals surface area contributed by atoms with Crippen LogP contribution in [-0.4, -0.2) is 51.4 Å². The van der Waals surface area contributed by atoms with Gasteiger partial charge in [0.1, 0.15) is 11.6 Å². The molecule has 0 saturated carbocycles. The van der Waals surface area contributed by atoms with Gasteiger partial charge in [-0.1, -0.05) is 25.4 Å². The zero-order valence-electron chi connectivity index (χ0n) is 18.8. The highest BCUT2D eigenvalue weighted by molar-refractivity contribution is 6.30. The number of amides is 1. The lowest BCUT2D eigenvalue weighted by atomic mass is 10.1. The van der Waals surface area contributed by atoms with Crippen molar-refractivity contribution in [1.29, 1.82) is 0 Å². The highest BCUT2D eigenvalue weighted by Gasteiger charge is 2.24. The molecule has 1 fully saturated rings. The Morgan fingerprint density at radius 3 is 2.88 bits per heavy atom. The van der Waals surface area contributed by atoms with Crippen LogP contribution in [0.5, 0.6) is 0 Å². The van der Waals surface area contributed by atoms with Crippen molar-refractivity contribution in [2.75, 3.05) is 25.0 Å². The Bertz CT molecular complexity index is 1170. The molecule has 2 N–H and O–H groups in total. The average Bonchev–Trinajstić information content (AvgIpc) is 2.80. The summed E-state index contributed by atoms with van der Waals surface area (Å²) in [4.78, 5) is 28.2. The molecule has 4 rings (SSSR count). The van der Waals surface area contributed by atoms with Crippen LogP contribution in [-0.2, 0) is 0 Å². The van der Waals surface area contributed by atoms with Crippen LogP contribution >= 0.6 is 11.6 Å². The summed E-state index contributed by atoms with van der Waals surface area (Å²) in [6.07, 6.45) is 4.86. The number of pyridine rings is 1. The second-order valence-electron chi connectivity index (χ2n) is 8.43. The number of carbonyl (C=O) groups excluding carboxylic acids is 1. The van der Waals surface area contributed by atoms with Crippen LogP contribution in [0.1, 0.15) is 42.6 Å². The van der Waals surface area contributed by atoms with Crippen molar-refractivity contribution in [1.82, 2.24) is 25.2 Å². The molecular weight excluding hydrogens is 443 g/mol. The third kappa shape index (κ3) is 5.12. The van der Waals surface area contributed by atoms with Gasteiger partial charge in [-0.15, -0.1) is 0 Å². The average molecular weight is 469 g/mol. The maximum atomic E-state index is 14.5. The Hall–Kier alpha value is -3.10. The molecule has 0 radical (unpaired) electrons. The zero-order chi connectivity index (χ0) is 23.5. The van der Waals surface area contributed by atoms with Crippen LogP contribution in [0.4, 0.5) is 15.9 Å². The molecule has 1 aliphatic heterocycles. The quantitative estimate of drug-likeness (QED) is 0.568. The molecule has 1 amide bonds. The Kier molecular flexibility index (Phi) is 6.85. The van der Waals surface area contributed by atoms with Gasteiger partial charge in [-0.25, -0.2) is 14.4 Å². The van der Waals surface area contributed by atoms with Gasteiger partial charge in [0.15, 0.2) is 5.82 Å². The molecule has 1 aromatic carbocycles. The minimum atomic E-state index is -0.463. The monoisotopic (exact) mass is 468 g/mol. The number of nitrogens with zero attached hydrogens (tertiary/aromatic N) is 4. The van der Waals surface area contributed by atoms with E-state index in [2.05, 4.69) is 25.6 Å². The summed E-state index contributed by atoms with van der Waals surface area (Å²) in [5.74, 6) is 0.249. The van der Waals surface area contributed by atoms with Crippen LogP contribution in [0.15, 0.2) is 42.9 Å². The van der Waals surface area contributed by atoms with Gasteiger partial charge in [0.05, 0.1) is 16.8 Å². The van der Waals surface area contributed by atoms with Gasteiger partial charge >= 0.3 is 0 Å².